The minimum absolute atomic E-state index is 0.132. The van der Waals surface area contributed by atoms with Gasteiger partial charge < -0.3 is 23.8 Å². The Morgan fingerprint density at radius 1 is 0.787 bits per heavy atom. The zero-order valence-electron chi connectivity index (χ0n) is 26.9. The largest absolute Gasteiger partial charge is 0.493 e. The van der Waals surface area contributed by atoms with Crippen LogP contribution in [0.2, 0.25) is 0 Å². The number of carbonyl (C=O) groups excluding carboxylic acids is 1. The Labute approximate surface area is 276 Å². The van der Waals surface area contributed by atoms with Crippen LogP contribution < -0.4 is 18.9 Å². The highest BCUT2D eigenvalue weighted by atomic mass is 16.5. The number of amides is 1. The minimum atomic E-state index is -0.375. The van der Waals surface area contributed by atoms with Crippen molar-refractivity contribution in [3.63, 3.8) is 0 Å². The van der Waals surface area contributed by atoms with E-state index in [1.807, 2.05) is 103 Å². The molecular weight excluding hydrogens is 588 g/mol. The van der Waals surface area contributed by atoms with E-state index in [2.05, 4.69) is 23.2 Å². The molecule has 0 N–H and O–H groups in total. The number of hydrogen-bond donors (Lipinski definition) is 0. The first-order valence-corrected chi connectivity index (χ1v) is 15.7. The van der Waals surface area contributed by atoms with Crippen LogP contribution in [-0.4, -0.2) is 36.6 Å². The summed E-state index contributed by atoms with van der Waals surface area (Å²) in [5.41, 5.74) is 6.60. The van der Waals surface area contributed by atoms with Crippen LogP contribution in [-0.2, 0) is 19.6 Å². The van der Waals surface area contributed by atoms with E-state index in [1.54, 1.807) is 26.5 Å². The lowest BCUT2D eigenvalue weighted by Gasteiger charge is -2.36. The zero-order valence-corrected chi connectivity index (χ0v) is 26.9. The van der Waals surface area contributed by atoms with Crippen LogP contribution in [0.4, 0.5) is 0 Å². The van der Waals surface area contributed by atoms with Gasteiger partial charge in [-0.1, -0.05) is 78.9 Å². The molecule has 47 heavy (non-hydrogen) atoms. The Morgan fingerprint density at radius 3 is 2.02 bits per heavy atom. The number of carbonyl (C=O) groups is 1. The van der Waals surface area contributed by atoms with Gasteiger partial charge in [0.25, 0.3) is 5.91 Å². The molecule has 1 aromatic heterocycles. The fourth-order valence-corrected chi connectivity index (χ4v) is 5.80. The number of fused-ring (bicyclic) bond motifs is 1. The fraction of sp³-hybridized carbons (Fsp3) is 0.200. The van der Waals surface area contributed by atoms with Gasteiger partial charge in [-0.25, -0.2) is 0 Å². The number of methoxy groups -OCH3 is 2. The topological polar surface area (TPSA) is 70.1 Å². The normalized spacial score (nSPS) is 14.0. The highest BCUT2D eigenvalue weighted by Gasteiger charge is 2.32. The predicted octanol–water partition coefficient (Wildman–Crippen LogP) is 8.02. The van der Waals surface area contributed by atoms with Crippen LogP contribution in [0.5, 0.6) is 23.0 Å². The van der Waals surface area contributed by atoms with E-state index in [-0.39, 0.29) is 11.9 Å². The van der Waals surface area contributed by atoms with Gasteiger partial charge in [0.1, 0.15) is 18.9 Å². The molecule has 1 amide bonds. The van der Waals surface area contributed by atoms with Crippen molar-refractivity contribution < 1.29 is 23.7 Å². The van der Waals surface area contributed by atoms with Gasteiger partial charge >= 0.3 is 0 Å². The summed E-state index contributed by atoms with van der Waals surface area (Å²) in [5, 5.41) is 0. The molecule has 1 atom stereocenters. The van der Waals surface area contributed by atoms with E-state index in [1.165, 1.54) is 0 Å². The SMILES string of the molecule is COc1cc(C)c(/C=C/C2c3cc(OC)c(OCc4ccccc4)cc3CCN2C(=O)c2ccccn2)cc1OCc1ccccc1. The van der Waals surface area contributed by atoms with Gasteiger partial charge in [0, 0.05) is 12.7 Å². The van der Waals surface area contributed by atoms with E-state index < -0.39 is 0 Å². The van der Waals surface area contributed by atoms with Crippen molar-refractivity contribution >= 4 is 12.0 Å². The number of nitrogens with zero attached hydrogens (tertiary/aromatic N) is 2. The van der Waals surface area contributed by atoms with Crippen molar-refractivity contribution in [3.05, 3.63) is 154 Å². The Bertz CT molecular complexity index is 1840. The van der Waals surface area contributed by atoms with E-state index in [4.69, 9.17) is 18.9 Å². The maximum absolute atomic E-state index is 13.9. The molecule has 4 aromatic carbocycles. The third kappa shape index (κ3) is 7.31. The molecule has 1 aliphatic heterocycles. The van der Waals surface area contributed by atoms with Crippen molar-refractivity contribution in [1.82, 2.24) is 9.88 Å². The summed E-state index contributed by atoms with van der Waals surface area (Å²) in [5.74, 6) is 2.47. The highest BCUT2D eigenvalue weighted by molar-refractivity contribution is 5.93. The first-order valence-electron chi connectivity index (χ1n) is 15.7. The van der Waals surface area contributed by atoms with Crippen LogP contribution in [0, 0.1) is 6.92 Å². The standard InChI is InChI=1S/C40H38N2O5/c1-28-22-36(44-2)38(46-26-29-12-6-4-7-13-29)23-31(28)17-18-35-33-25-37(45-3)39(47-27-30-14-8-5-9-15-30)24-32(33)19-21-42(35)40(43)34-16-10-11-20-41-34/h4-18,20,22-25,35H,19,21,26-27H2,1-3H3/b18-17+. The molecule has 5 aromatic rings. The number of aryl methyl sites for hydroxylation is 1. The lowest BCUT2D eigenvalue weighted by atomic mass is 9.90. The van der Waals surface area contributed by atoms with Crippen molar-refractivity contribution in [2.24, 2.45) is 0 Å². The number of aromatic nitrogens is 1. The Hall–Kier alpha value is -5.56. The summed E-state index contributed by atoms with van der Waals surface area (Å²) >= 11 is 0. The van der Waals surface area contributed by atoms with Crippen LogP contribution in [0.15, 0.2) is 115 Å². The Balaban J connectivity index is 1.35. The average Bonchev–Trinajstić information content (AvgIpc) is 3.13. The summed E-state index contributed by atoms with van der Waals surface area (Å²) in [6, 6.07) is 33.1. The highest BCUT2D eigenvalue weighted by Crippen LogP contribution is 2.40. The maximum atomic E-state index is 13.9. The van der Waals surface area contributed by atoms with Crippen molar-refractivity contribution in [2.75, 3.05) is 20.8 Å². The molecule has 0 aliphatic carbocycles. The van der Waals surface area contributed by atoms with Crippen LogP contribution in [0.3, 0.4) is 0 Å². The zero-order chi connectivity index (χ0) is 32.6. The number of hydrogen-bond acceptors (Lipinski definition) is 6. The smallest absolute Gasteiger partial charge is 0.273 e. The van der Waals surface area contributed by atoms with Gasteiger partial charge in [-0.05, 0) is 83.1 Å². The minimum Gasteiger partial charge on any atom is -0.493 e. The molecular formula is C40H38N2O5. The van der Waals surface area contributed by atoms with Gasteiger partial charge in [-0.15, -0.1) is 0 Å². The van der Waals surface area contributed by atoms with Gasteiger partial charge in [0.05, 0.1) is 20.3 Å². The van der Waals surface area contributed by atoms with Crippen molar-refractivity contribution in [1.29, 1.82) is 0 Å². The molecule has 0 saturated carbocycles. The van der Waals surface area contributed by atoms with Gasteiger partial charge in [0.2, 0.25) is 0 Å². The summed E-state index contributed by atoms with van der Waals surface area (Å²) in [6.07, 6.45) is 6.43. The summed E-state index contributed by atoms with van der Waals surface area (Å²) in [6.45, 7) is 3.40. The third-order valence-corrected chi connectivity index (χ3v) is 8.33. The number of pyridine rings is 1. The van der Waals surface area contributed by atoms with Crippen LogP contribution >= 0.6 is 0 Å². The third-order valence-electron chi connectivity index (χ3n) is 8.33. The summed E-state index contributed by atoms with van der Waals surface area (Å²) < 4.78 is 23.9. The molecule has 2 heterocycles. The predicted molar refractivity (Wildman–Crippen MR) is 183 cm³/mol. The number of rotatable bonds is 11. The second-order valence-corrected chi connectivity index (χ2v) is 11.4. The quantitative estimate of drug-likeness (QED) is 0.148. The molecule has 7 heteroatoms. The average molecular weight is 627 g/mol. The molecule has 0 saturated heterocycles. The molecule has 0 fully saturated rings. The summed E-state index contributed by atoms with van der Waals surface area (Å²) in [7, 11) is 3.28. The second kappa shape index (κ2) is 14.7. The lowest BCUT2D eigenvalue weighted by molar-refractivity contribution is 0.0694. The molecule has 0 bridgehead atoms. The molecule has 6 rings (SSSR count). The first kappa shape index (κ1) is 31.4. The monoisotopic (exact) mass is 626 g/mol. The van der Waals surface area contributed by atoms with Gasteiger partial charge in [0.15, 0.2) is 23.0 Å². The van der Waals surface area contributed by atoms with E-state index in [0.29, 0.717) is 54.9 Å². The fourth-order valence-electron chi connectivity index (χ4n) is 5.80. The number of ether oxygens (including phenoxy) is 4. The molecule has 0 spiro atoms. The first-order chi connectivity index (χ1) is 23.0. The molecule has 1 aliphatic rings. The van der Waals surface area contributed by atoms with E-state index >= 15 is 0 Å². The molecule has 238 valence electrons. The number of benzene rings is 4. The Kier molecular flexibility index (Phi) is 9.82. The van der Waals surface area contributed by atoms with Gasteiger partial charge in [-0.3, -0.25) is 9.78 Å². The second-order valence-electron chi connectivity index (χ2n) is 11.4. The van der Waals surface area contributed by atoms with Crippen LogP contribution in [0.1, 0.15) is 49.9 Å². The van der Waals surface area contributed by atoms with Gasteiger partial charge in [-0.2, -0.15) is 0 Å². The molecule has 7 nitrogen and oxygen atoms in total. The Morgan fingerprint density at radius 2 is 1.40 bits per heavy atom. The maximum Gasteiger partial charge on any atom is 0.273 e. The summed E-state index contributed by atoms with van der Waals surface area (Å²) in [4.78, 5) is 20.1. The van der Waals surface area contributed by atoms with Crippen molar-refractivity contribution in [2.45, 2.75) is 32.6 Å². The van der Waals surface area contributed by atoms with E-state index in [0.717, 1.165) is 33.4 Å². The lowest BCUT2D eigenvalue weighted by Crippen LogP contribution is -2.39. The molecule has 0 radical (unpaired) electrons. The van der Waals surface area contributed by atoms with E-state index in [9.17, 15) is 4.79 Å². The molecule has 1 unspecified atom stereocenters. The van der Waals surface area contributed by atoms with Crippen molar-refractivity contribution in [3.8, 4) is 23.0 Å². The van der Waals surface area contributed by atoms with Crippen LogP contribution in [0.25, 0.3) is 6.08 Å².